The molecule has 2 spiro atoms. The van der Waals surface area contributed by atoms with Gasteiger partial charge in [-0.3, -0.25) is 0 Å². The van der Waals surface area contributed by atoms with Crippen molar-refractivity contribution in [2.24, 2.45) is 0 Å². The predicted octanol–water partition coefficient (Wildman–Crippen LogP) is 16.0. The Hall–Kier alpha value is -8.72. The van der Waals surface area contributed by atoms with Gasteiger partial charge >= 0.3 is 0 Å². The van der Waals surface area contributed by atoms with E-state index in [1.165, 1.54) is 99.1 Å². The molecular formula is C66H40N2. The maximum atomic E-state index is 5.50. The number of nitrogens with zero attached hydrogens (tertiary/aromatic N) is 2. The van der Waals surface area contributed by atoms with Crippen LogP contribution in [0, 0.1) is 0 Å². The Labute approximate surface area is 394 Å². The number of benzene rings is 11. The average molecular weight is 861 g/mol. The van der Waals surface area contributed by atoms with Gasteiger partial charge in [-0.15, -0.1) is 0 Å². The van der Waals surface area contributed by atoms with Crippen molar-refractivity contribution in [3.63, 3.8) is 0 Å². The van der Waals surface area contributed by atoms with E-state index in [2.05, 4.69) is 243 Å². The molecule has 0 fully saturated rings. The van der Waals surface area contributed by atoms with Crippen LogP contribution >= 0.6 is 0 Å². The van der Waals surface area contributed by atoms with Crippen molar-refractivity contribution in [1.29, 1.82) is 0 Å². The Morgan fingerprint density at radius 3 is 1.07 bits per heavy atom. The molecule has 12 aromatic rings. The Balaban J connectivity index is 1.04. The maximum absolute atomic E-state index is 5.50. The average Bonchev–Trinajstić information content (AvgIpc) is 3.88. The summed E-state index contributed by atoms with van der Waals surface area (Å²) in [6, 6.07) is 90.1. The summed E-state index contributed by atoms with van der Waals surface area (Å²) in [5.74, 6) is 0.700. The molecule has 3 aliphatic rings. The largest absolute Gasteiger partial charge is 0.228 e. The number of hydrogen-bond acceptors (Lipinski definition) is 2. The first kappa shape index (κ1) is 37.5. The lowest BCUT2D eigenvalue weighted by molar-refractivity contribution is 0.633. The Bertz CT molecular complexity index is 3980. The molecule has 1 aromatic heterocycles. The number of fused-ring (bicyclic) bond motifs is 22. The normalized spacial score (nSPS) is 14.1. The van der Waals surface area contributed by atoms with E-state index in [1.54, 1.807) is 0 Å². The van der Waals surface area contributed by atoms with Gasteiger partial charge in [-0.25, -0.2) is 9.97 Å². The molecule has 0 radical (unpaired) electrons. The third kappa shape index (κ3) is 4.81. The van der Waals surface area contributed by atoms with Gasteiger partial charge in [-0.05, 0) is 117 Å². The second-order valence-electron chi connectivity index (χ2n) is 18.7. The maximum Gasteiger partial charge on any atom is 0.160 e. The van der Waals surface area contributed by atoms with Gasteiger partial charge in [0.25, 0.3) is 0 Å². The highest BCUT2D eigenvalue weighted by Crippen LogP contribution is 2.67. The van der Waals surface area contributed by atoms with Gasteiger partial charge in [0.05, 0.1) is 22.2 Å². The molecule has 0 aliphatic heterocycles. The van der Waals surface area contributed by atoms with Gasteiger partial charge in [-0.2, -0.15) is 0 Å². The Kier molecular flexibility index (Phi) is 7.67. The smallest absolute Gasteiger partial charge is 0.160 e. The minimum atomic E-state index is -0.604. The Morgan fingerprint density at radius 1 is 0.221 bits per heavy atom. The lowest BCUT2D eigenvalue weighted by Crippen LogP contribution is -2.43. The summed E-state index contributed by atoms with van der Waals surface area (Å²) < 4.78 is 0. The minimum Gasteiger partial charge on any atom is -0.228 e. The number of hydrogen-bond donors (Lipinski definition) is 0. The highest BCUT2D eigenvalue weighted by molar-refractivity contribution is 6.25. The summed E-state index contributed by atoms with van der Waals surface area (Å²) in [6.45, 7) is 0. The van der Waals surface area contributed by atoms with E-state index >= 15 is 0 Å². The van der Waals surface area contributed by atoms with Crippen molar-refractivity contribution in [2.75, 3.05) is 0 Å². The molecule has 0 unspecified atom stereocenters. The van der Waals surface area contributed by atoms with Crippen LogP contribution in [-0.2, 0) is 10.8 Å². The van der Waals surface area contributed by atoms with Gasteiger partial charge in [0, 0.05) is 16.7 Å². The first-order chi connectivity index (χ1) is 33.7. The van der Waals surface area contributed by atoms with Gasteiger partial charge in [0.1, 0.15) is 0 Å². The first-order valence-corrected chi connectivity index (χ1v) is 23.6. The second-order valence-corrected chi connectivity index (χ2v) is 18.7. The van der Waals surface area contributed by atoms with E-state index in [0.29, 0.717) is 5.82 Å². The molecule has 0 atom stereocenters. The second kappa shape index (κ2) is 13.9. The van der Waals surface area contributed by atoms with Crippen molar-refractivity contribution in [3.8, 4) is 56.2 Å². The van der Waals surface area contributed by atoms with E-state index < -0.39 is 10.8 Å². The van der Waals surface area contributed by atoms with Gasteiger partial charge in [0.2, 0.25) is 0 Å². The first-order valence-electron chi connectivity index (χ1n) is 23.6. The van der Waals surface area contributed by atoms with Crippen LogP contribution in [-0.4, -0.2) is 9.97 Å². The molecule has 0 bridgehead atoms. The fourth-order valence-corrected chi connectivity index (χ4v) is 12.9. The summed E-state index contributed by atoms with van der Waals surface area (Å²) in [5.41, 5.74) is 19.3. The minimum absolute atomic E-state index is 0.556. The van der Waals surface area contributed by atoms with Crippen LogP contribution in [0.1, 0.15) is 44.5 Å². The van der Waals surface area contributed by atoms with Crippen LogP contribution in [0.5, 0.6) is 0 Å². The van der Waals surface area contributed by atoms with Crippen molar-refractivity contribution in [2.45, 2.75) is 10.8 Å². The van der Waals surface area contributed by atoms with Gasteiger partial charge in [-0.1, -0.05) is 224 Å². The van der Waals surface area contributed by atoms with Crippen LogP contribution in [0.3, 0.4) is 0 Å². The molecule has 0 saturated carbocycles. The summed E-state index contributed by atoms with van der Waals surface area (Å²) >= 11 is 0. The standard InChI is InChI=1S/C66H40N2/c1-2-18-41(19-3-1)64-67-62(42-34-36-48-46-22-5-4-20-44(46)45-21-6-7-23-47(45)53(48)38-42)40-63(68-64)43-35-37-60-61(39-43)66(56-30-14-10-26-51(56)52-27-11-15-31-57(52)66)59-33-17-16-32-58(59)65(60)54-28-12-8-24-49(54)50-25-9-13-29-55(50)65/h1-40H. The lowest BCUT2D eigenvalue weighted by atomic mass is 9.52. The fraction of sp³-hybridized carbons (Fsp3) is 0.0303. The third-order valence-electron chi connectivity index (χ3n) is 15.6. The quantitative estimate of drug-likeness (QED) is 0.165. The summed E-state index contributed by atoms with van der Waals surface area (Å²) in [6.07, 6.45) is 0. The van der Waals surface area contributed by atoms with Gasteiger partial charge in [0.15, 0.2) is 5.82 Å². The number of rotatable bonds is 3. The van der Waals surface area contributed by atoms with Crippen molar-refractivity contribution in [3.05, 3.63) is 287 Å². The van der Waals surface area contributed by atoms with Crippen LogP contribution < -0.4 is 0 Å². The van der Waals surface area contributed by atoms with Crippen molar-refractivity contribution >= 4 is 32.3 Å². The van der Waals surface area contributed by atoms with Crippen LogP contribution in [0.2, 0.25) is 0 Å². The molecular weight excluding hydrogens is 821 g/mol. The molecule has 0 saturated heterocycles. The summed E-state index contributed by atoms with van der Waals surface area (Å²) in [5, 5.41) is 7.47. The molecule has 2 nitrogen and oxygen atoms in total. The zero-order valence-corrected chi connectivity index (χ0v) is 37.0. The molecule has 3 aliphatic carbocycles. The third-order valence-corrected chi connectivity index (χ3v) is 15.6. The van der Waals surface area contributed by atoms with E-state index in [9.17, 15) is 0 Å². The molecule has 11 aromatic carbocycles. The van der Waals surface area contributed by atoms with E-state index in [1.807, 2.05) is 0 Å². The zero-order chi connectivity index (χ0) is 44.6. The molecule has 314 valence electrons. The van der Waals surface area contributed by atoms with E-state index in [0.717, 1.165) is 28.1 Å². The summed E-state index contributed by atoms with van der Waals surface area (Å²) in [4.78, 5) is 10.9. The highest BCUT2D eigenvalue weighted by Gasteiger charge is 2.59. The van der Waals surface area contributed by atoms with Crippen molar-refractivity contribution in [1.82, 2.24) is 9.97 Å². The molecule has 68 heavy (non-hydrogen) atoms. The van der Waals surface area contributed by atoms with Crippen LogP contribution in [0.4, 0.5) is 0 Å². The van der Waals surface area contributed by atoms with Gasteiger partial charge < -0.3 is 0 Å². The monoisotopic (exact) mass is 860 g/mol. The number of aromatic nitrogens is 2. The molecule has 0 N–H and O–H groups in total. The topological polar surface area (TPSA) is 25.8 Å². The summed E-state index contributed by atoms with van der Waals surface area (Å²) in [7, 11) is 0. The molecule has 0 amide bonds. The molecule has 15 rings (SSSR count). The van der Waals surface area contributed by atoms with Crippen LogP contribution in [0.15, 0.2) is 243 Å². The van der Waals surface area contributed by atoms with E-state index in [-0.39, 0.29) is 0 Å². The molecule has 1 heterocycles. The highest BCUT2D eigenvalue weighted by atomic mass is 14.9. The van der Waals surface area contributed by atoms with E-state index in [4.69, 9.17) is 9.97 Å². The Morgan fingerprint density at radius 2 is 0.574 bits per heavy atom. The lowest BCUT2D eigenvalue weighted by Gasteiger charge is -2.49. The van der Waals surface area contributed by atoms with Crippen molar-refractivity contribution < 1.29 is 0 Å². The molecule has 2 heteroatoms. The fourth-order valence-electron chi connectivity index (χ4n) is 12.9. The predicted molar refractivity (Wildman–Crippen MR) is 279 cm³/mol. The SMILES string of the molecule is c1ccc(-c2nc(-c3ccc4c(c3)C3(c5ccccc5-c5ccccc53)c3ccccc3C43c4ccccc4-c4ccccc43)cc(-c3ccc4c5ccccc5c5ccccc5c4c3)n2)cc1. The zero-order valence-electron chi connectivity index (χ0n) is 37.0. The van der Waals surface area contributed by atoms with Crippen LogP contribution in [0.25, 0.3) is 88.5 Å².